The van der Waals surface area contributed by atoms with Crippen molar-refractivity contribution in [2.24, 2.45) is 17.7 Å². The molecule has 27 nitrogen and oxygen atoms in total. The third kappa shape index (κ3) is 24.3. The number of hydrogen-bond donors (Lipinski definition) is 7. The third-order valence-electron chi connectivity index (χ3n) is 13.9. The number of nitrogens with two attached hydrogens (primary N) is 4. The molecule has 2 fully saturated rings. The van der Waals surface area contributed by atoms with Crippen molar-refractivity contribution in [3.63, 3.8) is 0 Å². The van der Waals surface area contributed by atoms with Gasteiger partial charge in [-0.1, -0.05) is 49.4 Å². The van der Waals surface area contributed by atoms with Crippen LogP contribution in [0.5, 0.6) is 5.75 Å². The molecule has 4 aromatic carbocycles. The number of carbonyl (C=O) groups excluding carboxylic acids is 8. The number of hydrogen-bond acceptors (Lipinski definition) is 23. The van der Waals surface area contributed by atoms with Crippen molar-refractivity contribution in [1.29, 1.82) is 5.26 Å². The number of nitrogen functional groups attached to an aromatic ring is 4. The minimum absolute atomic E-state index is 0. The number of ketones is 2. The molecule has 0 aliphatic heterocycles. The van der Waals surface area contributed by atoms with E-state index >= 15 is 0 Å². The van der Waals surface area contributed by atoms with Crippen molar-refractivity contribution in [2.75, 3.05) is 49.1 Å². The summed E-state index contributed by atoms with van der Waals surface area (Å²) in [6, 6.07) is 22.8. The maximum Gasteiger partial charge on any atom is 0.373 e. The smallest absolute Gasteiger partial charge is 0.373 e. The summed E-state index contributed by atoms with van der Waals surface area (Å²) in [5.41, 5.74) is 29.7. The first kappa shape index (κ1) is 80.3. The summed E-state index contributed by atoms with van der Waals surface area (Å²) in [5, 5.41) is 37.3. The lowest BCUT2D eigenvalue weighted by molar-refractivity contribution is -0.191. The largest absolute Gasteiger partial charge is 0.478 e. The van der Waals surface area contributed by atoms with Gasteiger partial charge in [0, 0.05) is 42.2 Å². The summed E-state index contributed by atoms with van der Waals surface area (Å²) >= 11 is 0. The van der Waals surface area contributed by atoms with E-state index in [1.807, 2.05) is 71.0 Å². The number of aliphatic hydroxyl groups excluding tert-OH is 1. The van der Waals surface area contributed by atoms with Gasteiger partial charge in [0.25, 0.3) is 6.47 Å². The summed E-state index contributed by atoms with van der Waals surface area (Å²) < 4.78 is 23.8. The molecule has 0 atom stereocenters. The Morgan fingerprint density at radius 1 is 0.611 bits per heavy atom. The van der Waals surface area contributed by atoms with Crippen LogP contribution in [0.4, 0.5) is 23.1 Å². The molecule has 0 radical (unpaired) electrons. The topological polar surface area (TPSA) is 424 Å². The summed E-state index contributed by atoms with van der Waals surface area (Å²) in [7, 11) is 0. The molecular weight excluding hydrogens is 1250 g/mol. The van der Waals surface area contributed by atoms with E-state index in [0.29, 0.717) is 65.1 Å². The Balaban J connectivity index is 0.000000411. The van der Waals surface area contributed by atoms with E-state index < -0.39 is 23.9 Å². The van der Waals surface area contributed by atoms with Gasteiger partial charge >= 0.3 is 30.0 Å². The van der Waals surface area contributed by atoms with Crippen molar-refractivity contribution >= 4 is 83.6 Å². The Morgan fingerprint density at radius 2 is 0.947 bits per heavy atom. The highest BCUT2D eigenvalue weighted by atomic mass is 35.5. The molecule has 0 spiro atoms. The zero-order valence-electron chi connectivity index (χ0n) is 54.8. The van der Waals surface area contributed by atoms with Crippen LogP contribution >= 0.6 is 12.4 Å². The van der Waals surface area contributed by atoms with Crippen LogP contribution in [0.25, 0.3) is 17.1 Å². The first-order valence-electron chi connectivity index (χ1n) is 29.9. The number of carboxylic acid groups (broad SMARTS) is 1. The van der Waals surface area contributed by atoms with Crippen molar-refractivity contribution < 1.29 is 72.3 Å². The Kier molecular flexibility index (Phi) is 34.6. The zero-order valence-corrected chi connectivity index (χ0v) is 55.6. The number of allylic oxidation sites excluding steroid dienone is 2. The molecule has 3 aromatic heterocycles. The fourth-order valence-electron chi connectivity index (χ4n) is 8.38. The molecule has 3 heterocycles. The molecule has 11 N–H and O–H groups in total. The zero-order chi connectivity index (χ0) is 70.2. The Labute approximate surface area is 556 Å². The van der Waals surface area contributed by atoms with Gasteiger partial charge in [-0.15, -0.1) is 12.4 Å². The average Bonchev–Trinajstić information content (AvgIpc) is 1.77. The highest BCUT2D eigenvalue weighted by molar-refractivity contribution is 5.99. The van der Waals surface area contributed by atoms with Crippen molar-refractivity contribution in [1.82, 2.24) is 29.3 Å². The number of aryl methyl sites for hydroxylation is 4. The Bertz CT molecular complexity index is 3720. The highest BCUT2D eigenvalue weighted by Crippen LogP contribution is 2.35. The number of hydrazine groups is 1. The molecule has 9 rings (SSSR count). The lowest BCUT2D eigenvalue weighted by Crippen LogP contribution is -2.10. The van der Waals surface area contributed by atoms with Crippen molar-refractivity contribution in [3.8, 4) is 28.9 Å². The molecular formula is C67H83ClN12O15. The predicted octanol–water partition coefficient (Wildman–Crippen LogP) is 10.0. The van der Waals surface area contributed by atoms with Gasteiger partial charge in [-0.3, -0.25) is 20.2 Å². The molecule has 2 aliphatic rings. The number of halogens is 1. The number of rotatable bonds is 20. The third-order valence-corrected chi connectivity index (χ3v) is 13.9. The second-order valence-corrected chi connectivity index (χ2v) is 20.7. The Hall–Kier alpha value is -10.8. The van der Waals surface area contributed by atoms with Crippen LogP contribution in [0.1, 0.15) is 171 Å². The first-order chi connectivity index (χ1) is 44.9. The number of benzene rings is 4. The number of nitrogens with zero attached hydrogens (tertiary/aromatic N) is 7. The van der Waals surface area contributed by atoms with Gasteiger partial charge in [-0.2, -0.15) is 30.1 Å². The number of aromatic carboxylic acids is 1. The normalized spacial score (nSPS) is 11.5. The lowest BCUT2D eigenvalue weighted by atomic mass is 10.0. The second kappa shape index (κ2) is 40.9. The minimum atomic E-state index is -1.05. The number of nitriles is 1. The van der Waals surface area contributed by atoms with E-state index in [4.69, 9.17) is 62.3 Å². The maximum atomic E-state index is 12.3. The molecule has 2 saturated carbocycles. The van der Waals surface area contributed by atoms with E-state index in [1.165, 1.54) is 44.8 Å². The van der Waals surface area contributed by atoms with E-state index in [9.17, 15) is 33.6 Å². The van der Waals surface area contributed by atoms with Crippen molar-refractivity contribution in [2.45, 2.75) is 114 Å². The monoisotopic (exact) mass is 1330 g/mol. The van der Waals surface area contributed by atoms with Crippen LogP contribution in [0.2, 0.25) is 0 Å². The molecule has 2 aliphatic carbocycles. The maximum absolute atomic E-state index is 12.3. The van der Waals surface area contributed by atoms with Gasteiger partial charge in [0.2, 0.25) is 0 Å². The molecule has 0 bridgehead atoms. The molecule has 28 heteroatoms. The van der Waals surface area contributed by atoms with Crippen LogP contribution in [0.3, 0.4) is 0 Å². The molecule has 508 valence electrons. The number of carbonyl (C=O) groups is 7. The van der Waals surface area contributed by atoms with Crippen LogP contribution in [0.15, 0.2) is 103 Å². The summed E-state index contributed by atoms with van der Waals surface area (Å²) in [5.74, 6) is 4.96. The number of ether oxygens (including phenoxy) is 4. The van der Waals surface area contributed by atoms with E-state index in [0.717, 1.165) is 65.6 Å². The van der Waals surface area contributed by atoms with Crippen LogP contribution in [0, 0.1) is 50.9 Å². The van der Waals surface area contributed by atoms with Crippen LogP contribution < -0.4 is 33.2 Å². The summed E-state index contributed by atoms with van der Waals surface area (Å²) in [4.78, 5) is 97.5. The number of carboxylic acids is 1. The van der Waals surface area contributed by atoms with Gasteiger partial charge in [0.05, 0.1) is 72.8 Å². The van der Waals surface area contributed by atoms with Gasteiger partial charge < -0.3 is 51.8 Å². The number of esters is 3. The van der Waals surface area contributed by atoms with Gasteiger partial charge in [0.1, 0.15) is 39.9 Å². The average molecular weight is 1330 g/mol. The molecule has 95 heavy (non-hydrogen) atoms. The van der Waals surface area contributed by atoms with E-state index in [1.54, 1.807) is 65.0 Å². The second-order valence-electron chi connectivity index (χ2n) is 20.7. The number of aromatic nitrogens is 6. The number of nitrogens with one attached hydrogen (secondary N) is 1. The SMILES string of the molecule is C/C=C(/C#N)CC.CCO.CCOC(=O)c1cnn(-c2cc(C(=O)CC3CC3)ccc2C)c1N.CCOC(=O)c1cnn(-c2cc(C(=O)CC3CC3)ccc2C)c1N.CCOC(=O)c1cnn(-c2cc(C(=O)O)ccc2C)c1N.Cc1ccc(OC=O)cc1NN.Cl.O=C=O. The van der Waals surface area contributed by atoms with E-state index in [2.05, 4.69) is 31.5 Å². The first-order valence-corrected chi connectivity index (χ1v) is 29.9. The van der Waals surface area contributed by atoms with Crippen LogP contribution in [-0.2, 0) is 28.6 Å². The summed E-state index contributed by atoms with van der Waals surface area (Å²) in [6.07, 6.45) is 12.8. The molecule has 7 aromatic rings. The van der Waals surface area contributed by atoms with Gasteiger partial charge in [0.15, 0.2) is 11.6 Å². The predicted molar refractivity (Wildman–Crippen MR) is 357 cm³/mol. The Morgan fingerprint density at radius 3 is 1.22 bits per heavy atom. The lowest BCUT2D eigenvalue weighted by Gasteiger charge is -2.10. The number of anilines is 4. The van der Waals surface area contributed by atoms with Gasteiger partial charge in [-0.05, 0) is 159 Å². The van der Waals surface area contributed by atoms with Crippen LogP contribution in [-0.4, -0.2) is 114 Å². The number of aliphatic hydroxyl groups is 1. The quantitative estimate of drug-likeness (QED) is 0.00709. The number of Topliss-reactive ketones (excluding diaryl/α,β-unsaturated/α-hetero) is 2. The molecule has 0 saturated heterocycles. The van der Waals surface area contributed by atoms with E-state index in [-0.39, 0.29) is 96.3 Å². The fourth-order valence-corrected chi connectivity index (χ4v) is 8.38. The fraction of sp³-hybridized carbons (Fsp3) is 0.343. The highest BCUT2D eigenvalue weighted by Gasteiger charge is 2.28. The van der Waals surface area contributed by atoms with Crippen molar-refractivity contribution in [3.05, 3.63) is 159 Å². The standard InChI is InChI=1S/2C18H21N3O3.C14H15N3O4.C8H10N2O2.C6H9N.C2H6O.CO2.ClH/c2*1-3-24-18(23)14-10-20-21(17(14)19)15-9-13(7-4-11(15)2)16(22)8-12-5-6-12;1-3-21-14(20)10-7-16-17(12(10)15)11-6-9(13(18)19)5-4-8(11)2;1-6-2-3-7(12-5-11)4-8(6)10-9;1-3-6(4-2)5-7;1-2-3;2-1-3;/h2*4,7,9-10,12H,3,5-6,8,19H2,1-2H3;4-7H,3,15H2,1-2H3,(H,18,19);2-5,10H,9H2,1H3;3H,4H2,1-2H3;3H,2H2,1H3;;1H/b;;;;6-3+;;;. The minimum Gasteiger partial charge on any atom is -0.478 e. The summed E-state index contributed by atoms with van der Waals surface area (Å²) in [6.45, 7) is 19.6. The molecule has 0 amide bonds. The van der Waals surface area contributed by atoms with Gasteiger partial charge in [-0.25, -0.2) is 33.2 Å². The molecule has 0 unspecified atom stereocenters.